The second-order valence-corrected chi connectivity index (χ2v) is 6.49. The molecule has 0 aromatic carbocycles. The second kappa shape index (κ2) is 5.47. The molecule has 0 amide bonds. The maximum Gasteiger partial charge on any atom is 0.0583 e. The minimum Gasteiger partial charge on any atom is -0.393 e. The van der Waals surface area contributed by atoms with E-state index in [2.05, 4.69) is 23.1 Å². The third kappa shape index (κ3) is 2.38. The van der Waals surface area contributed by atoms with Crippen molar-refractivity contribution in [1.82, 2.24) is 14.7 Å². The first-order valence-corrected chi connectivity index (χ1v) is 7.76. The van der Waals surface area contributed by atoms with Gasteiger partial charge in [0, 0.05) is 43.9 Å². The SMILES string of the molecule is CCC(N)C(c1cnn(C)c1)N1CC2CCC(O)C2C1. The van der Waals surface area contributed by atoms with E-state index in [1.54, 1.807) is 0 Å². The number of likely N-dealkylation sites (tertiary alicyclic amines) is 1. The molecule has 20 heavy (non-hydrogen) atoms. The highest BCUT2D eigenvalue weighted by Gasteiger charge is 2.44. The monoisotopic (exact) mass is 278 g/mol. The summed E-state index contributed by atoms with van der Waals surface area (Å²) < 4.78 is 1.84. The van der Waals surface area contributed by atoms with Crippen LogP contribution in [0.2, 0.25) is 0 Å². The lowest BCUT2D eigenvalue weighted by Gasteiger charge is -2.32. The second-order valence-electron chi connectivity index (χ2n) is 6.49. The predicted octanol–water partition coefficient (Wildman–Crippen LogP) is 0.901. The Morgan fingerprint density at radius 1 is 1.45 bits per heavy atom. The Balaban J connectivity index is 1.80. The standard InChI is InChI=1S/C15H26N4O/c1-3-13(16)15(11-6-17-18(2)7-11)19-8-10-4-5-14(20)12(10)9-19/h6-7,10,12-15,20H,3-5,8-9,16H2,1-2H3. The maximum atomic E-state index is 10.1. The van der Waals surface area contributed by atoms with Crippen molar-refractivity contribution in [2.45, 2.75) is 44.4 Å². The molecule has 5 unspecified atom stereocenters. The van der Waals surface area contributed by atoms with Gasteiger partial charge in [-0.25, -0.2) is 0 Å². The van der Waals surface area contributed by atoms with E-state index >= 15 is 0 Å². The Bertz CT molecular complexity index is 460. The fourth-order valence-corrected chi connectivity index (χ4v) is 4.04. The molecule has 2 fully saturated rings. The van der Waals surface area contributed by atoms with Crippen LogP contribution in [0.1, 0.15) is 37.8 Å². The number of nitrogens with zero attached hydrogens (tertiary/aromatic N) is 3. The summed E-state index contributed by atoms with van der Waals surface area (Å²) in [5.41, 5.74) is 7.59. The third-order valence-electron chi connectivity index (χ3n) is 5.18. The molecule has 2 aliphatic rings. The first-order chi connectivity index (χ1) is 9.60. The summed E-state index contributed by atoms with van der Waals surface area (Å²) in [5.74, 6) is 1.09. The summed E-state index contributed by atoms with van der Waals surface area (Å²) in [4.78, 5) is 2.48. The van der Waals surface area contributed by atoms with Gasteiger partial charge in [0.2, 0.25) is 0 Å². The highest BCUT2D eigenvalue weighted by molar-refractivity contribution is 5.15. The molecule has 1 aromatic rings. The number of aliphatic hydroxyl groups is 1. The van der Waals surface area contributed by atoms with Crippen molar-refractivity contribution in [3.63, 3.8) is 0 Å². The van der Waals surface area contributed by atoms with Gasteiger partial charge in [0.1, 0.15) is 0 Å². The topological polar surface area (TPSA) is 67.3 Å². The van der Waals surface area contributed by atoms with Gasteiger partial charge in [-0.1, -0.05) is 6.92 Å². The molecular formula is C15H26N4O. The van der Waals surface area contributed by atoms with E-state index in [1.807, 2.05) is 17.9 Å². The Kier molecular flexibility index (Phi) is 3.84. The van der Waals surface area contributed by atoms with Crippen molar-refractivity contribution >= 4 is 0 Å². The molecule has 1 saturated carbocycles. The molecule has 0 spiro atoms. The molecular weight excluding hydrogens is 252 g/mol. The largest absolute Gasteiger partial charge is 0.393 e. The summed E-state index contributed by atoms with van der Waals surface area (Å²) in [6, 6.07) is 0.349. The van der Waals surface area contributed by atoms with Crippen LogP contribution in [0.15, 0.2) is 12.4 Å². The smallest absolute Gasteiger partial charge is 0.0583 e. The fraction of sp³-hybridized carbons (Fsp3) is 0.800. The number of hydrogen-bond donors (Lipinski definition) is 2. The number of fused-ring (bicyclic) bond motifs is 1. The molecule has 5 atom stereocenters. The van der Waals surface area contributed by atoms with Gasteiger partial charge in [-0.15, -0.1) is 0 Å². The lowest BCUT2D eigenvalue weighted by Crippen LogP contribution is -2.40. The first-order valence-electron chi connectivity index (χ1n) is 7.76. The van der Waals surface area contributed by atoms with E-state index in [1.165, 1.54) is 5.56 Å². The zero-order valence-corrected chi connectivity index (χ0v) is 12.4. The maximum absolute atomic E-state index is 10.1. The normalized spacial score (nSPS) is 33.3. The van der Waals surface area contributed by atoms with E-state index in [4.69, 9.17) is 5.73 Å². The number of rotatable bonds is 4. The van der Waals surface area contributed by atoms with Crippen molar-refractivity contribution in [3.05, 3.63) is 18.0 Å². The van der Waals surface area contributed by atoms with E-state index in [0.29, 0.717) is 11.8 Å². The van der Waals surface area contributed by atoms with Crippen LogP contribution in [0, 0.1) is 11.8 Å². The summed E-state index contributed by atoms with van der Waals surface area (Å²) >= 11 is 0. The van der Waals surface area contributed by atoms with Crippen LogP contribution in [-0.4, -0.2) is 45.0 Å². The van der Waals surface area contributed by atoms with E-state index < -0.39 is 0 Å². The Labute approximate surface area is 120 Å². The molecule has 5 nitrogen and oxygen atoms in total. The van der Waals surface area contributed by atoms with Crippen LogP contribution in [0.25, 0.3) is 0 Å². The molecule has 0 bridgehead atoms. The number of nitrogens with two attached hydrogens (primary N) is 1. The molecule has 1 aliphatic carbocycles. The average molecular weight is 278 g/mol. The fourth-order valence-electron chi connectivity index (χ4n) is 4.04. The summed E-state index contributed by atoms with van der Waals surface area (Å²) in [7, 11) is 1.94. The lowest BCUT2D eigenvalue weighted by molar-refractivity contribution is 0.114. The lowest BCUT2D eigenvalue weighted by atomic mass is 9.99. The molecule has 1 aromatic heterocycles. The molecule has 5 heteroatoms. The summed E-state index contributed by atoms with van der Waals surface area (Å²) in [6.07, 6.45) is 6.98. The molecule has 0 radical (unpaired) electrons. The van der Waals surface area contributed by atoms with Crippen molar-refractivity contribution in [2.24, 2.45) is 24.6 Å². The van der Waals surface area contributed by atoms with Crippen LogP contribution in [0.4, 0.5) is 0 Å². The van der Waals surface area contributed by atoms with Crippen LogP contribution in [-0.2, 0) is 7.05 Å². The Hall–Kier alpha value is -0.910. The van der Waals surface area contributed by atoms with Gasteiger partial charge in [0.15, 0.2) is 0 Å². The van der Waals surface area contributed by atoms with Gasteiger partial charge in [-0.2, -0.15) is 5.10 Å². The van der Waals surface area contributed by atoms with E-state index in [9.17, 15) is 5.11 Å². The number of aromatic nitrogens is 2. The number of aliphatic hydroxyl groups excluding tert-OH is 1. The first kappa shape index (κ1) is 14.0. The van der Waals surface area contributed by atoms with Gasteiger partial charge >= 0.3 is 0 Å². The third-order valence-corrected chi connectivity index (χ3v) is 5.18. The molecule has 1 aliphatic heterocycles. The van der Waals surface area contributed by atoms with E-state index in [0.717, 1.165) is 32.4 Å². The van der Waals surface area contributed by atoms with Crippen LogP contribution < -0.4 is 5.73 Å². The minimum absolute atomic E-state index is 0.114. The Morgan fingerprint density at radius 3 is 2.85 bits per heavy atom. The zero-order chi connectivity index (χ0) is 14.3. The highest BCUT2D eigenvalue weighted by Crippen LogP contribution is 2.41. The summed E-state index contributed by atoms with van der Waals surface area (Å²) in [5, 5.41) is 14.4. The van der Waals surface area contributed by atoms with Crippen molar-refractivity contribution in [2.75, 3.05) is 13.1 Å². The van der Waals surface area contributed by atoms with Crippen LogP contribution in [0.3, 0.4) is 0 Å². The molecule has 2 heterocycles. The van der Waals surface area contributed by atoms with Crippen LogP contribution >= 0.6 is 0 Å². The van der Waals surface area contributed by atoms with Gasteiger partial charge in [0.25, 0.3) is 0 Å². The average Bonchev–Trinajstić information content (AvgIpc) is 3.10. The number of hydrogen-bond acceptors (Lipinski definition) is 4. The number of aryl methyl sites for hydroxylation is 1. The Morgan fingerprint density at radius 2 is 2.25 bits per heavy atom. The van der Waals surface area contributed by atoms with E-state index in [-0.39, 0.29) is 18.2 Å². The van der Waals surface area contributed by atoms with Gasteiger partial charge in [0.05, 0.1) is 18.3 Å². The summed E-state index contributed by atoms with van der Waals surface area (Å²) in [6.45, 7) is 4.17. The quantitative estimate of drug-likeness (QED) is 0.859. The van der Waals surface area contributed by atoms with Gasteiger partial charge < -0.3 is 10.8 Å². The minimum atomic E-state index is -0.114. The van der Waals surface area contributed by atoms with Crippen LogP contribution in [0.5, 0.6) is 0 Å². The van der Waals surface area contributed by atoms with Gasteiger partial charge in [-0.3, -0.25) is 9.58 Å². The van der Waals surface area contributed by atoms with Crippen molar-refractivity contribution < 1.29 is 5.11 Å². The highest BCUT2D eigenvalue weighted by atomic mass is 16.3. The van der Waals surface area contributed by atoms with Crippen molar-refractivity contribution in [1.29, 1.82) is 0 Å². The molecule has 1 saturated heterocycles. The predicted molar refractivity (Wildman–Crippen MR) is 78.0 cm³/mol. The molecule has 3 rings (SSSR count). The van der Waals surface area contributed by atoms with Gasteiger partial charge in [-0.05, 0) is 25.2 Å². The zero-order valence-electron chi connectivity index (χ0n) is 12.4. The molecule has 3 N–H and O–H groups in total. The van der Waals surface area contributed by atoms with Crippen molar-refractivity contribution in [3.8, 4) is 0 Å². The molecule has 112 valence electrons.